The zero-order valence-corrected chi connectivity index (χ0v) is 12.9. The first kappa shape index (κ1) is 13.7. The summed E-state index contributed by atoms with van der Waals surface area (Å²) in [7, 11) is 0. The molecule has 3 rings (SSSR count). The molecule has 1 aromatic carbocycles. The number of nitrogens with zero attached hydrogens (tertiary/aromatic N) is 2. The highest BCUT2D eigenvalue weighted by Gasteiger charge is 2.17. The van der Waals surface area contributed by atoms with E-state index in [4.69, 9.17) is 0 Å². The maximum absolute atomic E-state index is 12.5. The van der Waals surface area contributed by atoms with Gasteiger partial charge in [0.1, 0.15) is 0 Å². The zero-order chi connectivity index (χ0) is 15.0. The highest BCUT2D eigenvalue weighted by molar-refractivity contribution is 7.13. The second-order valence-electron chi connectivity index (χ2n) is 4.96. The molecule has 5 heteroatoms. The van der Waals surface area contributed by atoms with E-state index in [0.717, 1.165) is 27.9 Å². The fourth-order valence-corrected chi connectivity index (χ4v) is 3.12. The molecule has 0 saturated carbocycles. The first-order valence-electron chi connectivity index (χ1n) is 6.65. The van der Waals surface area contributed by atoms with Crippen LogP contribution in [0.2, 0.25) is 0 Å². The average Bonchev–Trinajstić information content (AvgIpc) is 2.84. The van der Waals surface area contributed by atoms with Crippen molar-refractivity contribution in [3.63, 3.8) is 0 Å². The molecule has 4 nitrogen and oxygen atoms in total. The topological polar surface area (TPSA) is 54.9 Å². The summed E-state index contributed by atoms with van der Waals surface area (Å²) in [6.45, 7) is 5.72. The summed E-state index contributed by atoms with van der Waals surface area (Å²) in [5, 5.41) is 6.38. The Morgan fingerprint density at radius 1 is 1.14 bits per heavy atom. The SMILES string of the molecule is Cc1csc(NC(=O)c2c(C)nc3ccccc3c2C)n1. The number of aryl methyl sites for hydroxylation is 3. The van der Waals surface area contributed by atoms with E-state index >= 15 is 0 Å². The number of para-hydroxylation sites is 1. The van der Waals surface area contributed by atoms with Gasteiger partial charge in [0.05, 0.1) is 22.5 Å². The van der Waals surface area contributed by atoms with Gasteiger partial charge in [0.2, 0.25) is 0 Å². The van der Waals surface area contributed by atoms with Crippen molar-refractivity contribution in [3.05, 3.63) is 52.2 Å². The van der Waals surface area contributed by atoms with Crippen LogP contribution >= 0.6 is 11.3 Å². The predicted octanol–water partition coefficient (Wildman–Crippen LogP) is 3.87. The number of hydrogen-bond acceptors (Lipinski definition) is 4. The molecule has 1 N–H and O–H groups in total. The molecular formula is C16H15N3OS. The number of pyridine rings is 1. The van der Waals surface area contributed by atoms with Crippen molar-refractivity contribution in [1.29, 1.82) is 0 Å². The number of rotatable bonds is 2. The average molecular weight is 297 g/mol. The van der Waals surface area contributed by atoms with Gasteiger partial charge in [-0.05, 0) is 32.4 Å². The minimum absolute atomic E-state index is 0.155. The molecule has 2 aromatic heterocycles. The van der Waals surface area contributed by atoms with E-state index in [1.54, 1.807) is 0 Å². The number of hydrogen-bond donors (Lipinski definition) is 1. The van der Waals surface area contributed by atoms with E-state index in [1.165, 1.54) is 11.3 Å². The van der Waals surface area contributed by atoms with Crippen LogP contribution in [0.3, 0.4) is 0 Å². The third-order valence-electron chi connectivity index (χ3n) is 3.40. The number of fused-ring (bicyclic) bond motifs is 1. The second kappa shape index (κ2) is 5.26. The lowest BCUT2D eigenvalue weighted by Crippen LogP contribution is -2.16. The first-order valence-corrected chi connectivity index (χ1v) is 7.53. The monoisotopic (exact) mass is 297 g/mol. The van der Waals surface area contributed by atoms with E-state index in [-0.39, 0.29) is 5.91 Å². The fourth-order valence-electron chi connectivity index (χ4n) is 2.44. The van der Waals surface area contributed by atoms with Gasteiger partial charge >= 0.3 is 0 Å². The van der Waals surface area contributed by atoms with E-state index in [9.17, 15) is 4.79 Å². The molecule has 0 bridgehead atoms. The Labute approximate surface area is 126 Å². The third-order valence-corrected chi connectivity index (χ3v) is 4.28. The van der Waals surface area contributed by atoms with Gasteiger partial charge in [0, 0.05) is 10.8 Å². The van der Waals surface area contributed by atoms with E-state index in [0.29, 0.717) is 10.7 Å². The van der Waals surface area contributed by atoms with Crippen LogP contribution in [0.25, 0.3) is 10.9 Å². The molecular weight excluding hydrogens is 282 g/mol. The highest BCUT2D eigenvalue weighted by atomic mass is 32.1. The fraction of sp³-hybridized carbons (Fsp3) is 0.188. The smallest absolute Gasteiger partial charge is 0.259 e. The van der Waals surface area contributed by atoms with E-state index in [2.05, 4.69) is 15.3 Å². The van der Waals surface area contributed by atoms with Crippen molar-refractivity contribution in [2.24, 2.45) is 0 Å². The predicted molar refractivity (Wildman–Crippen MR) is 86.0 cm³/mol. The molecule has 1 amide bonds. The van der Waals surface area contributed by atoms with Crippen molar-refractivity contribution in [3.8, 4) is 0 Å². The van der Waals surface area contributed by atoms with Crippen molar-refractivity contribution < 1.29 is 4.79 Å². The van der Waals surface area contributed by atoms with Crippen LogP contribution in [0.4, 0.5) is 5.13 Å². The zero-order valence-electron chi connectivity index (χ0n) is 12.1. The number of aromatic nitrogens is 2. The summed E-state index contributed by atoms with van der Waals surface area (Å²) < 4.78 is 0. The van der Waals surface area contributed by atoms with Gasteiger partial charge in [-0.25, -0.2) is 4.98 Å². The Balaban J connectivity index is 2.05. The largest absolute Gasteiger partial charge is 0.298 e. The van der Waals surface area contributed by atoms with E-state index in [1.807, 2.05) is 50.4 Å². The molecule has 0 fully saturated rings. The Bertz CT molecular complexity index is 839. The Morgan fingerprint density at radius 2 is 1.90 bits per heavy atom. The summed E-state index contributed by atoms with van der Waals surface area (Å²) in [5.41, 5.74) is 4.12. The molecule has 0 aliphatic carbocycles. The van der Waals surface area contributed by atoms with Crippen LogP contribution in [0.1, 0.15) is 27.3 Å². The maximum atomic E-state index is 12.5. The standard InChI is InChI=1S/C16H15N3OS/c1-9-8-21-16(17-9)19-15(20)14-10(2)12-6-4-5-7-13(12)18-11(14)3/h4-8H,1-3H3,(H,17,19,20). The second-order valence-corrected chi connectivity index (χ2v) is 5.82. The summed E-state index contributed by atoms with van der Waals surface area (Å²) in [6, 6.07) is 7.85. The normalized spacial score (nSPS) is 10.8. The molecule has 0 spiro atoms. The van der Waals surface area contributed by atoms with E-state index < -0.39 is 0 Å². The van der Waals surface area contributed by atoms with Gasteiger partial charge in [0.15, 0.2) is 5.13 Å². The quantitative estimate of drug-likeness (QED) is 0.781. The van der Waals surface area contributed by atoms with Crippen LogP contribution in [-0.2, 0) is 0 Å². The Kier molecular flexibility index (Phi) is 3.43. The summed E-state index contributed by atoms with van der Waals surface area (Å²) >= 11 is 1.42. The van der Waals surface area contributed by atoms with Crippen molar-refractivity contribution in [1.82, 2.24) is 9.97 Å². The van der Waals surface area contributed by atoms with Crippen LogP contribution < -0.4 is 5.32 Å². The lowest BCUT2D eigenvalue weighted by Gasteiger charge is -2.11. The number of carbonyl (C=O) groups is 1. The number of thiazole rings is 1. The molecule has 21 heavy (non-hydrogen) atoms. The van der Waals surface area contributed by atoms with Crippen LogP contribution in [0.5, 0.6) is 0 Å². The molecule has 2 heterocycles. The summed E-state index contributed by atoms with van der Waals surface area (Å²) in [6.07, 6.45) is 0. The summed E-state index contributed by atoms with van der Waals surface area (Å²) in [4.78, 5) is 21.3. The van der Waals surface area contributed by atoms with Crippen LogP contribution in [-0.4, -0.2) is 15.9 Å². The van der Waals surface area contributed by atoms with Gasteiger partial charge < -0.3 is 0 Å². The van der Waals surface area contributed by atoms with Crippen LogP contribution in [0, 0.1) is 20.8 Å². The van der Waals surface area contributed by atoms with Gasteiger partial charge in [-0.3, -0.25) is 15.1 Å². The molecule has 0 saturated heterocycles. The molecule has 0 radical (unpaired) electrons. The molecule has 0 atom stereocenters. The van der Waals surface area contributed by atoms with Gasteiger partial charge in [-0.15, -0.1) is 11.3 Å². The van der Waals surface area contributed by atoms with Gasteiger partial charge in [0.25, 0.3) is 5.91 Å². The lowest BCUT2D eigenvalue weighted by atomic mass is 10.0. The number of carbonyl (C=O) groups excluding carboxylic acids is 1. The minimum Gasteiger partial charge on any atom is -0.298 e. The molecule has 0 aliphatic heterocycles. The number of anilines is 1. The first-order chi connectivity index (χ1) is 10.1. The maximum Gasteiger partial charge on any atom is 0.259 e. The Morgan fingerprint density at radius 3 is 2.62 bits per heavy atom. The molecule has 0 aliphatic rings. The summed E-state index contributed by atoms with van der Waals surface area (Å²) in [5.74, 6) is -0.155. The highest BCUT2D eigenvalue weighted by Crippen LogP contribution is 2.24. The Hall–Kier alpha value is -2.27. The van der Waals surface area contributed by atoms with Crippen molar-refractivity contribution in [2.75, 3.05) is 5.32 Å². The molecule has 0 unspecified atom stereocenters. The van der Waals surface area contributed by atoms with Gasteiger partial charge in [-0.2, -0.15) is 0 Å². The van der Waals surface area contributed by atoms with Crippen molar-refractivity contribution >= 4 is 33.3 Å². The number of benzene rings is 1. The third kappa shape index (κ3) is 2.52. The number of nitrogens with one attached hydrogen (secondary N) is 1. The lowest BCUT2D eigenvalue weighted by molar-refractivity contribution is 0.102. The molecule has 3 aromatic rings. The molecule has 106 valence electrons. The van der Waals surface area contributed by atoms with Gasteiger partial charge in [-0.1, -0.05) is 18.2 Å². The van der Waals surface area contributed by atoms with Crippen LogP contribution in [0.15, 0.2) is 29.6 Å². The van der Waals surface area contributed by atoms with Crippen molar-refractivity contribution in [2.45, 2.75) is 20.8 Å². The minimum atomic E-state index is -0.155. The number of amides is 1.